The minimum Gasteiger partial charge on any atom is -0.346 e. The first-order chi connectivity index (χ1) is 8.27. The molecule has 0 radical (unpaired) electrons. The van der Waals surface area contributed by atoms with Gasteiger partial charge < -0.3 is 9.92 Å². The van der Waals surface area contributed by atoms with E-state index in [0.29, 0.717) is 6.42 Å². The van der Waals surface area contributed by atoms with Crippen LogP contribution in [0.2, 0.25) is 0 Å². The fourth-order valence-electron chi connectivity index (χ4n) is 1.66. The Hall–Kier alpha value is -1.40. The lowest BCUT2D eigenvalue weighted by Gasteiger charge is -2.27. The van der Waals surface area contributed by atoms with E-state index in [1.165, 1.54) is 0 Å². The smallest absolute Gasteiger partial charge is 0.324 e. The van der Waals surface area contributed by atoms with Gasteiger partial charge in [-0.1, -0.05) is 37.3 Å². The van der Waals surface area contributed by atoms with Gasteiger partial charge in [0.15, 0.2) is 0 Å². The van der Waals surface area contributed by atoms with Gasteiger partial charge in [0.2, 0.25) is 0 Å². The maximum atomic E-state index is 11.5. The number of rotatable bonds is 5. The number of carbonyl (C=O) groups excluding carboxylic acids is 1. The average Bonchev–Trinajstić information content (AvgIpc) is 2.27. The Morgan fingerprint density at radius 1 is 1.33 bits per heavy atom. The Balaban J connectivity index is 2.88. The highest BCUT2D eigenvalue weighted by molar-refractivity contribution is 7.86. The topological polar surface area (TPSA) is 86.5 Å². The molecule has 0 spiro atoms. The van der Waals surface area contributed by atoms with Crippen molar-refractivity contribution in [2.75, 3.05) is 6.26 Å². The van der Waals surface area contributed by atoms with Crippen LogP contribution in [-0.4, -0.2) is 20.6 Å². The Bertz CT molecular complexity index is 512. The number of benzene rings is 1. The molecule has 6 heteroatoms. The van der Waals surface area contributed by atoms with Crippen molar-refractivity contribution >= 4 is 16.1 Å². The van der Waals surface area contributed by atoms with Gasteiger partial charge in [0.05, 0.1) is 18.2 Å². The van der Waals surface area contributed by atoms with Gasteiger partial charge in [-0.3, -0.25) is 4.79 Å². The first kappa shape index (κ1) is 14.7. The normalized spacial score (nSPS) is 14.8. The SMILES string of the molecule is CCC(N)(CC(=O)OS(C)(=O)=O)c1ccccc1. The van der Waals surface area contributed by atoms with Gasteiger partial charge in [0.1, 0.15) is 0 Å². The van der Waals surface area contributed by atoms with E-state index in [0.717, 1.165) is 11.8 Å². The summed E-state index contributed by atoms with van der Waals surface area (Å²) in [6, 6.07) is 9.08. The Kier molecular flexibility index (Phi) is 4.48. The quantitative estimate of drug-likeness (QED) is 0.812. The molecule has 0 fully saturated rings. The van der Waals surface area contributed by atoms with E-state index in [1.54, 1.807) is 12.1 Å². The highest BCUT2D eigenvalue weighted by Gasteiger charge is 2.30. The van der Waals surface area contributed by atoms with Gasteiger partial charge in [-0.25, -0.2) is 0 Å². The molecule has 100 valence electrons. The summed E-state index contributed by atoms with van der Waals surface area (Å²) < 4.78 is 26.0. The second-order valence-corrected chi connectivity index (χ2v) is 5.79. The molecule has 0 bridgehead atoms. The molecule has 1 aromatic carbocycles. The lowest BCUT2D eigenvalue weighted by molar-refractivity contribution is -0.135. The van der Waals surface area contributed by atoms with Gasteiger partial charge in [0.25, 0.3) is 0 Å². The summed E-state index contributed by atoms with van der Waals surface area (Å²) in [7, 11) is -3.79. The van der Waals surface area contributed by atoms with Crippen molar-refractivity contribution in [3.8, 4) is 0 Å². The van der Waals surface area contributed by atoms with Crippen molar-refractivity contribution in [1.29, 1.82) is 0 Å². The van der Waals surface area contributed by atoms with Crippen LogP contribution < -0.4 is 5.73 Å². The van der Waals surface area contributed by atoms with E-state index < -0.39 is 21.6 Å². The molecule has 0 saturated heterocycles. The summed E-state index contributed by atoms with van der Waals surface area (Å²) in [5, 5.41) is 0. The Morgan fingerprint density at radius 3 is 2.33 bits per heavy atom. The lowest BCUT2D eigenvalue weighted by Crippen LogP contribution is -2.39. The Morgan fingerprint density at radius 2 is 1.89 bits per heavy atom. The van der Waals surface area contributed by atoms with E-state index in [1.807, 2.05) is 25.1 Å². The average molecular weight is 271 g/mol. The van der Waals surface area contributed by atoms with Crippen LogP contribution in [0.25, 0.3) is 0 Å². The molecule has 0 heterocycles. The molecule has 5 nitrogen and oxygen atoms in total. The van der Waals surface area contributed by atoms with Crippen LogP contribution in [0.3, 0.4) is 0 Å². The molecular weight excluding hydrogens is 254 g/mol. The van der Waals surface area contributed by atoms with Crippen molar-refractivity contribution in [2.45, 2.75) is 25.3 Å². The van der Waals surface area contributed by atoms with E-state index in [2.05, 4.69) is 4.18 Å². The lowest BCUT2D eigenvalue weighted by atomic mass is 9.85. The highest BCUT2D eigenvalue weighted by atomic mass is 32.2. The van der Waals surface area contributed by atoms with Crippen LogP contribution in [0.4, 0.5) is 0 Å². The van der Waals surface area contributed by atoms with Crippen LogP contribution in [0.5, 0.6) is 0 Å². The Labute approximate surface area is 107 Å². The first-order valence-corrected chi connectivity index (χ1v) is 7.35. The van der Waals surface area contributed by atoms with Crippen molar-refractivity contribution in [2.24, 2.45) is 5.73 Å². The minimum absolute atomic E-state index is 0.180. The molecule has 1 aromatic rings. The molecular formula is C12H17NO4S. The standard InChI is InChI=1S/C12H17NO4S/c1-3-12(13,10-7-5-4-6-8-10)9-11(14)17-18(2,15)16/h4-8H,3,9,13H2,1-2H3. The summed E-state index contributed by atoms with van der Waals surface area (Å²) in [5.74, 6) is -0.842. The molecule has 0 aliphatic heterocycles. The maximum absolute atomic E-state index is 11.5. The molecule has 1 rings (SSSR count). The van der Waals surface area contributed by atoms with Crippen molar-refractivity contribution in [1.82, 2.24) is 0 Å². The predicted octanol–water partition coefficient (Wildman–Crippen LogP) is 1.14. The molecule has 0 aromatic heterocycles. The highest BCUT2D eigenvalue weighted by Crippen LogP contribution is 2.26. The van der Waals surface area contributed by atoms with Crippen LogP contribution in [0.1, 0.15) is 25.3 Å². The van der Waals surface area contributed by atoms with E-state index in [-0.39, 0.29) is 6.42 Å². The largest absolute Gasteiger partial charge is 0.346 e. The molecule has 2 N–H and O–H groups in total. The van der Waals surface area contributed by atoms with Crippen molar-refractivity contribution in [3.05, 3.63) is 35.9 Å². The third-order valence-electron chi connectivity index (χ3n) is 2.68. The molecule has 0 aliphatic rings. The molecule has 0 amide bonds. The summed E-state index contributed by atoms with van der Waals surface area (Å²) in [5.41, 5.74) is 6.00. The zero-order valence-electron chi connectivity index (χ0n) is 10.4. The molecule has 18 heavy (non-hydrogen) atoms. The second kappa shape index (κ2) is 5.49. The fraction of sp³-hybridized carbons (Fsp3) is 0.417. The number of hydrogen-bond acceptors (Lipinski definition) is 5. The molecule has 0 aliphatic carbocycles. The van der Waals surface area contributed by atoms with Gasteiger partial charge >= 0.3 is 16.1 Å². The van der Waals surface area contributed by atoms with Crippen molar-refractivity contribution < 1.29 is 17.4 Å². The predicted molar refractivity (Wildman–Crippen MR) is 68.2 cm³/mol. The van der Waals surface area contributed by atoms with E-state index in [4.69, 9.17) is 5.73 Å². The van der Waals surface area contributed by atoms with Crippen LogP contribution in [0.15, 0.2) is 30.3 Å². The third kappa shape index (κ3) is 4.12. The summed E-state index contributed by atoms with van der Waals surface area (Å²) in [4.78, 5) is 11.5. The molecule has 1 unspecified atom stereocenters. The second-order valence-electron chi connectivity index (χ2n) is 4.21. The van der Waals surface area contributed by atoms with E-state index >= 15 is 0 Å². The van der Waals surface area contributed by atoms with Gasteiger partial charge in [0, 0.05) is 0 Å². The number of hydrogen-bond donors (Lipinski definition) is 1. The van der Waals surface area contributed by atoms with Crippen molar-refractivity contribution in [3.63, 3.8) is 0 Å². The molecule has 0 saturated carbocycles. The van der Waals surface area contributed by atoms with Gasteiger partial charge in [-0.2, -0.15) is 8.42 Å². The maximum Gasteiger partial charge on any atom is 0.324 e. The summed E-state index contributed by atoms with van der Waals surface area (Å²) in [6.45, 7) is 1.83. The third-order valence-corrected chi connectivity index (χ3v) is 3.17. The van der Waals surface area contributed by atoms with Crippen LogP contribution >= 0.6 is 0 Å². The molecule has 1 atom stereocenters. The minimum atomic E-state index is -3.79. The van der Waals surface area contributed by atoms with E-state index in [9.17, 15) is 13.2 Å². The summed E-state index contributed by atoms with van der Waals surface area (Å²) >= 11 is 0. The van der Waals surface area contributed by atoms with Gasteiger partial charge in [-0.05, 0) is 12.0 Å². The zero-order valence-corrected chi connectivity index (χ0v) is 11.2. The zero-order chi connectivity index (χ0) is 13.8. The summed E-state index contributed by atoms with van der Waals surface area (Å²) in [6.07, 6.45) is 1.15. The first-order valence-electron chi connectivity index (χ1n) is 5.53. The van der Waals surface area contributed by atoms with Gasteiger partial charge in [-0.15, -0.1) is 0 Å². The van der Waals surface area contributed by atoms with Crippen LogP contribution in [-0.2, 0) is 24.6 Å². The monoisotopic (exact) mass is 271 g/mol. The number of nitrogens with two attached hydrogens (primary N) is 1. The van der Waals surface area contributed by atoms with Crippen LogP contribution in [0, 0.1) is 0 Å². The number of carbonyl (C=O) groups is 1. The fourth-order valence-corrected chi connectivity index (χ4v) is 2.05.